The molecule has 1 saturated carbocycles. The number of aromatic nitrogens is 4. The van der Waals surface area contributed by atoms with Crippen LogP contribution in [0.5, 0.6) is 0 Å². The van der Waals surface area contributed by atoms with Crippen LogP contribution < -0.4 is 11.2 Å². The highest BCUT2D eigenvalue weighted by Crippen LogP contribution is 2.51. The zero-order chi connectivity index (χ0) is 19.3. The fourth-order valence-corrected chi connectivity index (χ4v) is 4.68. The van der Waals surface area contributed by atoms with Crippen molar-refractivity contribution in [1.29, 1.82) is 0 Å². The van der Waals surface area contributed by atoms with Crippen molar-refractivity contribution >= 4 is 21.8 Å². The predicted molar refractivity (Wildman–Crippen MR) is 110 cm³/mol. The number of nitrogens with zero attached hydrogens (tertiary/aromatic N) is 2. The van der Waals surface area contributed by atoms with Gasteiger partial charge >= 0.3 is 5.69 Å². The molecule has 0 bridgehead atoms. The van der Waals surface area contributed by atoms with Gasteiger partial charge in [0.2, 0.25) is 0 Å². The SMILES string of the molecule is CC1(CCc2n[nH]c(=O)c3ccccc23)CC(n2c(=O)[nH]c3ccccc32)C1. The Bertz CT molecular complexity index is 1290. The lowest BCUT2D eigenvalue weighted by Crippen LogP contribution is -2.40. The Morgan fingerprint density at radius 1 is 1.07 bits per heavy atom. The molecular weight excluding hydrogens is 352 g/mol. The van der Waals surface area contributed by atoms with Crippen molar-refractivity contribution in [3.05, 3.63) is 75.1 Å². The largest absolute Gasteiger partial charge is 0.326 e. The number of nitrogens with one attached hydrogen (secondary N) is 2. The monoisotopic (exact) mass is 374 g/mol. The van der Waals surface area contributed by atoms with Gasteiger partial charge in [-0.05, 0) is 49.3 Å². The minimum absolute atomic E-state index is 0.0263. The standard InChI is InChI=1S/C22H22N4O2/c1-22(11-10-17-15-6-2-3-7-16(15)20(27)25-24-17)12-14(13-22)26-19-9-5-4-8-18(19)23-21(26)28/h2-9,14H,10-13H2,1H3,(H,23,28)(H,25,27). The van der Waals surface area contributed by atoms with E-state index in [-0.39, 0.29) is 22.7 Å². The van der Waals surface area contributed by atoms with Crippen molar-refractivity contribution in [2.45, 2.75) is 38.6 Å². The van der Waals surface area contributed by atoms with E-state index in [1.165, 1.54) is 0 Å². The first kappa shape index (κ1) is 17.0. The maximum absolute atomic E-state index is 12.4. The van der Waals surface area contributed by atoms with Gasteiger partial charge in [-0.1, -0.05) is 37.3 Å². The molecule has 2 N–H and O–H groups in total. The quantitative estimate of drug-likeness (QED) is 0.573. The van der Waals surface area contributed by atoms with E-state index < -0.39 is 0 Å². The number of H-pyrrole nitrogens is 2. The lowest BCUT2D eigenvalue weighted by Gasteiger charge is -2.46. The van der Waals surface area contributed by atoms with Crippen LogP contribution in [0.4, 0.5) is 0 Å². The molecule has 6 heteroatoms. The van der Waals surface area contributed by atoms with E-state index >= 15 is 0 Å². The molecule has 0 atom stereocenters. The number of aryl methyl sites for hydroxylation is 1. The van der Waals surface area contributed by atoms with E-state index in [0.29, 0.717) is 5.39 Å². The second-order valence-corrected chi connectivity index (χ2v) is 8.24. The number of hydrogen-bond acceptors (Lipinski definition) is 3. The molecule has 1 aliphatic carbocycles. The van der Waals surface area contributed by atoms with Gasteiger partial charge in [0, 0.05) is 11.4 Å². The Kier molecular flexibility index (Phi) is 3.75. The fourth-order valence-electron chi connectivity index (χ4n) is 4.68. The third kappa shape index (κ3) is 2.68. The molecule has 2 aromatic heterocycles. The summed E-state index contributed by atoms with van der Waals surface area (Å²) in [6.45, 7) is 2.28. The molecule has 0 amide bonds. The summed E-state index contributed by atoms with van der Waals surface area (Å²) < 4.78 is 1.91. The first-order valence-corrected chi connectivity index (χ1v) is 9.70. The van der Waals surface area contributed by atoms with Gasteiger partial charge in [0.15, 0.2) is 0 Å². The van der Waals surface area contributed by atoms with Crippen molar-refractivity contribution in [3.63, 3.8) is 0 Å². The molecule has 28 heavy (non-hydrogen) atoms. The van der Waals surface area contributed by atoms with Gasteiger partial charge in [-0.25, -0.2) is 9.89 Å². The molecule has 0 spiro atoms. The van der Waals surface area contributed by atoms with Crippen LogP contribution in [0.2, 0.25) is 0 Å². The second-order valence-electron chi connectivity index (χ2n) is 8.24. The molecule has 0 radical (unpaired) electrons. The number of rotatable bonds is 4. The molecule has 0 saturated heterocycles. The van der Waals surface area contributed by atoms with E-state index in [4.69, 9.17) is 0 Å². The lowest BCUT2D eigenvalue weighted by molar-refractivity contribution is 0.0733. The van der Waals surface area contributed by atoms with E-state index in [0.717, 1.165) is 47.8 Å². The minimum Gasteiger partial charge on any atom is -0.306 e. The highest BCUT2D eigenvalue weighted by atomic mass is 16.1. The van der Waals surface area contributed by atoms with Crippen LogP contribution >= 0.6 is 0 Å². The molecule has 2 aromatic carbocycles. The van der Waals surface area contributed by atoms with Gasteiger partial charge in [-0.15, -0.1) is 0 Å². The Morgan fingerprint density at radius 3 is 2.61 bits per heavy atom. The molecule has 1 aliphatic rings. The second kappa shape index (κ2) is 6.19. The normalized spacial score (nSPS) is 21.8. The average Bonchev–Trinajstić information content (AvgIpc) is 3.01. The van der Waals surface area contributed by atoms with Crippen LogP contribution in [0.1, 0.15) is 37.9 Å². The molecule has 6 nitrogen and oxygen atoms in total. The number of imidazole rings is 1. The van der Waals surface area contributed by atoms with Crippen LogP contribution in [0.25, 0.3) is 21.8 Å². The Balaban J connectivity index is 1.35. The Labute approximate surface area is 161 Å². The topological polar surface area (TPSA) is 83.5 Å². The predicted octanol–water partition coefficient (Wildman–Crippen LogP) is 3.54. The summed E-state index contributed by atoms with van der Waals surface area (Å²) in [5.74, 6) is 0. The molecule has 4 aromatic rings. The number of aromatic amines is 2. The van der Waals surface area contributed by atoms with Crippen molar-refractivity contribution in [1.82, 2.24) is 19.7 Å². The smallest absolute Gasteiger partial charge is 0.306 e. The summed E-state index contributed by atoms with van der Waals surface area (Å²) in [4.78, 5) is 27.3. The van der Waals surface area contributed by atoms with E-state index in [1.54, 1.807) is 0 Å². The van der Waals surface area contributed by atoms with Crippen LogP contribution in [-0.2, 0) is 6.42 Å². The Morgan fingerprint density at radius 2 is 1.79 bits per heavy atom. The van der Waals surface area contributed by atoms with E-state index in [2.05, 4.69) is 22.1 Å². The van der Waals surface area contributed by atoms with Crippen LogP contribution in [0.15, 0.2) is 58.1 Å². The van der Waals surface area contributed by atoms with Gasteiger partial charge in [-0.2, -0.15) is 5.10 Å². The van der Waals surface area contributed by atoms with Gasteiger partial charge in [0.25, 0.3) is 5.56 Å². The molecule has 1 fully saturated rings. The zero-order valence-corrected chi connectivity index (χ0v) is 15.7. The molecule has 0 aliphatic heterocycles. The highest BCUT2D eigenvalue weighted by Gasteiger charge is 2.42. The average molecular weight is 374 g/mol. The van der Waals surface area contributed by atoms with Crippen LogP contribution in [-0.4, -0.2) is 19.7 Å². The number of hydrogen-bond donors (Lipinski definition) is 2. The maximum atomic E-state index is 12.4. The summed E-state index contributed by atoms with van der Waals surface area (Å²) in [6.07, 6.45) is 3.72. The fraction of sp³-hybridized carbons (Fsp3) is 0.318. The summed E-state index contributed by atoms with van der Waals surface area (Å²) >= 11 is 0. The third-order valence-corrected chi connectivity index (χ3v) is 6.19. The lowest BCUT2D eigenvalue weighted by atomic mass is 9.64. The van der Waals surface area contributed by atoms with E-state index in [1.807, 2.05) is 53.1 Å². The zero-order valence-electron chi connectivity index (χ0n) is 15.7. The molecule has 142 valence electrons. The highest BCUT2D eigenvalue weighted by molar-refractivity contribution is 5.83. The van der Waals surface area contributed by atoms with Crippen molar-refractivity contribution in [2.75, 3.05) is 0 Å². The van der Waals surface area contributed by atoms with Gasteiger partial charge in [0.05, 0.1) is 22.1 Å². The summed E-state index contributed by atoms with van der Waals surface area (Å²) in [6, 6.07) is 15.7. The van der Waals surface area contributed by atoms with Crippen LogP contribution in [0.3, 0.4) is 0 Å². The van der Waals surface area contributed by atoms with Gasteiger partial charge in [-0.3, -0.25) is 9.36 Å². The molecule has 5 rings (SSSR count). The van der Waals surface area contributed by atoms with Crippen molar-refractivity contribution in [2.24, 2.45) is 5.41 Å². The number of benzene rings is 2. The molecular formula is C22H22N4O2. The van der Waals surface area contributed by atoms with Gasteiger partial charge < -0.3 is 4.98 Å². The Hall–Kier alpha value is -3.15. The first-order valence-electron chi connectivity index (χ1n) is 9.70. The van der Waals surface area contributed by atoms with Crippen LogP contribution in [0, 0.1) is 5.41 Å². The molecule has 2 heterocycles. The summed E-state index contributed by atoms with van der Waals surface area (Å²) in [5.41, 5.74) is 2.80. The third-order valence-electron chi connectivity index (χ3n) is 6.19. The number of fused-ring (bicyclic) bond motifs is 2. The van der Waals surface area contributed by atoms with Crippen molar-refractivity contribution in [3.8, 4) is 0 Å². The van der Waals surface area contributed by atoms with E-state index in [9.17, 15) is 9.59 Å². The van der Waals surface area contributed by atoms with Crippen molar-refractivity contribution < 1.29 is 0 Å². The first-order chi connectivity index (χ1) is 13.5. The number of para-hydroxylation sites is 2. The molecule has 0 unspecified atom stereocenters. The summed E-state index contributed by atoms with van der Waals surface area (Å²) in [7, 11) is 0. The maximum Gasteiger partial charge on any atom is 0.326 e. The minimum atomic E-state index is -0.145. The van der Waals surface area contributed by atoms with Gasteiger partial charge in [0.1, 0.15) is 0 Å². The summed E-state index contributed by atoms with van der Waals surface area (Å²) in [5, 5.41) is 8.53.